The van der Waals surface area contributed by atoms with Crippen molar-refractivity contribution in [2.75, 3.05) is 26.3 Å². The smallest absolute Gasteiger partial charge is 0.120 e. The van der Waals surface area contributed by atoms with Crippen molar-refractivity contribution in [3.63, 3.8) is 0 Å². The Hall–Kier alpha value is -2.54. The number of rotatable bonds is 9. The van der Waals surface area contributed by atoms with Crippen LogP contribution in [0.15, 0.2) is 60.9 Å². The fourth-order valence-electron chi connectivity index (χ4n) is 3.90. The minimum absolute atomic E-state index is 0.284. The van der Waals surface area contributed by atoms with E-state index < -0.39 is 5.60 Å². The van der Waals surface area contributed by atoms with Crippen LogP contribution in [0.2, 0.25) is 5.02 Å². The highest BCUT2D eigenvalue weighted by atomic mass is 35.5. The van der Waals surface area contributed by atoms with E-state index >= 15 is 0 Å². The van der Waals surface area contributed by atoms with Crippen molar-refractivity contribution < 1.29 is 14.6 Å². The maximum atomic E-state index is 10.9. The van der Waals surface area contributed by atoms with Crippen LogP contribution in [0.4, 0.5) is 0 Å². The Morgan fingerprint density at radius 1 is 1.06 bits per heavy atom. The highest BCUT2D eigenvalue weighted by molar-refractivity contribution is 6.30. The zero-order valence-electron chi connectivity index (χ0n) is 18.4. The van der Waals surface area contributed by atoms with Gasteiger partial charge in [0.25, 0.3) is 0 Å². The molecule has 4 rings (SSSR count). The Labute approximate surface area is 194 Å². The molecule has 6 nitrogen and oxygen atoms in total. The van der Waals surface area contributed by atoms with Crippen molar-refractivity contribution in [1.82, 2.24) is 14.5 Å². The zero-order chi connectivity index (χ0) is 22.4. The van der Waals surface area contributed by atoms with Gasteiger partial charge >= 0.3 is 0 Å². The number of nitrogens with zero attached hydrogens (tertiary/aromatic N) is 3. The molecule has 1 saturated heterocycles. The minimum Gasteiger partial charge on any atom is -0.492 e. The third-order valence-corrected chi connectivity index (χ3v) is 6.18. The summed E-state index contributed by atoms with van der Waals surface area (Å²) < 4.78 is 13.7. The summed E-state index contributed by atoms with van der Waals surface area (Å²) >= 11 is 6.00. The molecular weight excluding hydrogens is 426 g/mol. The monoisotopic (exact) mass is 455 g/mol. The number of halogens is 1. The molecule has 1 fully saturated rings. The Bertz CT molecular complexity index is 998. The van der Waals surface area contributed by atoms with Gasteiger partial charge in [-0.2, -0.15) is 0 Å². The van der Waals surface area contributed by atoms with Gasteiger partial charge in [0.2, 0.25) is 0 Å². The Morgan fingerprint density at radius 3 is 2.53 bits per heavy atom. The van der Waals surface area contributed by atoms with Gasteiger partial charge in [0.15, 0.2) is 0 Å². The predicted octanol–water partition coefficient (Wildman–Crippen LogP) is 4.33. The molecule has 0 saturated carbocycles. The summed E-state index contributed by atoms with van der Waals surface area (Å²) in [6.45, 7) is 6.19. The molecule has 7 heteroatoms. The lowest BCUT2D eigenvalue weighted by atomic mass is 9.92. The first-order valence-corrected chi connectivity index (χ1v) is 11.4. The highest BCUT2D eigenvalue weighted by Crippen LogP contribution is 2.26. The average Bonchev–Trinajstić information content (AvgIpc) is 3.20. The summed E-state index contributed by atoms with van der Waals surface area (Å²) in [5.41, 5.74) is 0.438. The highest BCUT2D eigenvalue weighted by Gasteiger charge is 2.33. The Morgan fingerprint density at radius 2 is 1.84 bits per heavy atom. The molecule has 32 heavy (non-hydrogen) atoms. The molecule has 1 aliphatic rings. The van der Waals surface area contributed by atoms with Crippen molar-refractivity contribution in [3.05, 3.63) is 77.3 Å². The number of likely N-dealkylation sites (tertiary alicyclic amines) is 1. The molecule has 2 aromatic carbocycles. The van der Waals surface area contributed by atoms with Gasteiger partial charge in [-0.1, -0.05) is 29.8 Å². The first-order valence-electron chi connectivity index (χ1n) is 11.0. The van der Waals surface area contributed by atoms with Crippen LogP contribution in [0, 0.1) is 6.92 Å². The van der Waals surface area contributed by atoms with E-state index in [4.69, 9.17) is 21.1 Å². The summed E-state index contributed by atoms with van der Waals surface area (Å²) in [5, 5.41) is 11.5. The van der Waals surface area contributed by atoms with E-state index in [1.807, 2.05) is 43.5 Å². The second-order valence-electron chi connectivity index (χ2n) is 8.41. The number of piperidine rings is 1. The average molecular weight is 456 g/mol. The summed E-state index contributed by atoms with van der Waals surface area (Å²) in [4.78, 5) is 6.59. The summed E-state index contributed by atoms with van der Waals surface area (Å²) in [6, 6.07) is 15.6. The summed E-state index contributed by atoms with van der Waals surface area (Å²) in [7, 11) is 0. The molecule has 0 radical (unpaired) electrons. The van der Waals surface area contributed by atoms with Gasteiger partial charge in [-0.15, -0.1) is 0 Å². The summed E-state index contributed by atoms with van der Waals surface area (Å²) in [5.74, 6) is 2.56. The van der Waals surface area contributed by atoms with Gasteiger partial charge in [-0.05, 0) is 55.7 Å². The van der Waals surface area contributed by atoms with E-state index in [1.165, 1.54) is 5.56 Å². The number of aryl methyl sites for hydroxylation is 1. The number of hydrogen-bond acceptors (Lipinski definition) is 5. The van der Waals surface area contributed by atoms with E-state index in [0.29, 0.717) is 30.2 Å². The van der Waals surface area contributed by atoms with Crippen molar-refractivity contribution >= 4 is 11.6 Å². The molecule has 1 aliphatic heterocycles. The molecule has 0 atom stereocenters. The molecule has 170 valence electrons. The van der Waals surface area contributed by atoms with Crippen LogP contribution in [-0.2, 0) is 13.1 Å². The molecule has 0 bridgehead atoms. The Balaban J connectivity index is 1.19. The van der Waals surface area contributed by atoms with Gasteiger partial charge < -0.3 is 19.1 Å². The third-order valence-electron chi connectivity index (χ3n) is 5.94. The number of benzene rings is 2. The second kappa shape index (κ2) is 10.4. The lowest BCUT2D eigenvalue weighted by molar-refractivity contribution is -0.0537. The number of hydrogen-bond donors (Lipinski definition) is 1. The van der Waals surface area contributed by atoms with Crippen LogP contribution in [0.25, 0.3) is 0 Å². The second-order valence-corrected chi connectivity index (χ2v) is 8.84. The van der Waals surface area contributed by atoms with Crippen molar-refractivity contribution in [2.45, 2.75) is 38.5 Å². The van der Waals surface area contributed by atoms with Crippen molar-refractivity contribution in [2.24, 2.45) is 0 Å². The van der Waals surface area contributed by atoms with Crippen LogP contribution >= 0.6 is 11.6 Å². The molecule has 1 aromatic heterocycles. The first kappa shape index (κ1) is 22.6. The van der Waals surface area contributed by atoms with Crippen LogP contribution in [0.5, 0.6) is 11.5 Å². The molecule has 3 aromatic rings. The number of aromatic nitrogens is 2. The number of ether oxygens (including phenoxy) is 2. The molecule has 1 N–H and O–H groups in total. The normalized spacial score (nSPS) is 16.1. The fourth-order valence-corrected chi connectivity index (χ4v) is 4.08. The zero-order valence-corrected chi connectivity index (χ0v) is 19.2. The fraction of sp³-hybridized carbons (Fsp3) is 0.400. The molecule has 0 unspecified atom stereocenters. The number of imidazole rings is 1. The molecule has 2 heterocycles. The van der Waals surface area contributed by atoms with Crippen LogP contribution in [-0.4, -0.2) is 51.5 Å². The lowest BCUT2D eigenvalue weighted by Crippen LogP contribution is -2.47. The van der Waals surface area contributed by atoms with Gasteiger partial charge in [0.1, 0.15) is 36.1 Å². The van der Waals surface area contributed by atoms with Gasteiger partial charge in [-0.3, -0.25) is 4.90 Å². The van der Waals surface area contributed by atoms with Crippen molar-refractivity contribution in [3.8, 4) is 11.5 Å². The van der Waals surface area contributed by atoms with Crippen LogP contribution in [0.3, 0.4) is 0 Å². The molecule has 0 amide bonds. The maximum absolute atomic E-state index is 10.9. The largest absolute Gasteiger partial charge is 0.492 e. The van der Waals surface area contributed by atoms with E-state index in [1.54, 1.807) is 12.3 Å². The molecule has 0 spiro atoms. The molecular formula is C25H30ClN3O3. The van der Waals surface area contributed by atoms with Gasteiger partial charge in [0, 0.05) is 37.1 Å². The molecule has 0 aliphatic carbocycles. The predicted molar refractivity (Wildman–Crippen MR) is 125 cm³/mol. The van der Waals surface area contributed by atoms with E-state index in [0.717, 1.165) is 37.8 Å². The van der Waals surface area contributed by atoms with Crippen LogP contribution < -0.4 is 9.47 Å². The van der Waals surface area contributed by atoms with Gasteiger partial charge in [-0.25, -0.2) is 4.98 Å². The van der Waals surface area contributed by atoms with Gasteiger partial charge in [0.05, 0.1) is 6.54 Å². The van der Waals surface area contributed by atoms with Crippen LogP contribution in [0.1, 0.15) is 24.2 Å². The first-order chi connectivity index (χ1) is 15.5. The van der Waals surface area contributed by atoms with E-state index in [2.05, 4.69) is 26.6 Å². The number of aliphatic hydroxyl groups is 1. The quantitative estimate of drug-likeness (QED) is 0.520. The third kappa shape index (κ3) is 6.25. The summed E-state index contributed by atoms with van der Waals surface area (Å²) in [6.07, 6.45) is 5.13. The topological polar surface area (TPSA) is 59.8 Å². The standard InChI is InChI=1S/C25H30ClN3O3/c1-20-27-11-14-29(20)15-16-31-23-7-5-21(6-8-23)18-28-12-9-25(30,10-13-28)19-32-24-4-2-3-22(26)17-24/h2-8,11,14,17,30H,9-10,12-13,15-16,18-19H2,1H3. The lowest BCUT2D eigenvalue weighted by Gasteiger charge is -2.38. The maximum Gasteiger partial charge on any atom is 0.120 e. The van der Waals surface area contributed by atoms with E-state index in [-0.39, 0.29) is 6.61 Å². The van der Waals surface area contributed by atoms with E-state index in [9.17, 15) is 5.11 Å². The SMILES string of the molecule is Cc1nccn1CCOc1ccc(CN2CCC(O)(COc3cccc(Cl)c3)CC2)cc1. The van der Waals surface area contributed by atoms with Crippen molar-refractivity contribution in [1.29, 1.82) is 0 Å². The Kier molecular flexibility index (Phi) is 7.35. The minimum atomic E-state index is -0.801.